The van der Waals surface area contributed by atoms with E-state index in [1.165, 1.54) is 0 Å². The summed E-state index contributed by atoms with van der Waals surface area (Å²) in [4.78, 5) is 14.1. The lowest BCUT2D eigenvalue weighted by Crippen LogP contribution is -2.33. The van der Waals surface area contributed by atoms with Crippen LogP contribution in [0.15, 0.2) is 34.4 Å². The van der Waals surface area contributed by atoms with E-state index in [0.29, 0.717) is 34.8 Å². The average molecular weight is 419 g/mol. The van der Waals surface area contributed by atoms with E-state index in [1.54, 1.807) is 17.0 Å². The number of thiocarbonyl (C=S) groups is 1. The third kappa shape index (κ3) is 4.56. The molecule has 2 aromatic rings. The highest BCUT2D eigenvalue weighted by molar-refractivity contribution is 7.80. The van der Waals surface area contributed by atoms with Gasteiger partial charge in [-0.1, -0.05) is 25.4 Å². The van der Waals surface area contributed by atoms with Crippen molar-refractivity contribution in [1.82, 2.24) is 10.2 Å². The fourth-order valence-corrected chi connectivity index (χ4v) is 3.31. The molecular weight excluding hydrogens is 396 g/mol. The third-order valence-corrected chi connectivity index (χ3v) is 5.19. The molecule has 1 saturated heterocycles. The minimum Gasteiger partial charge on any atom is -0.486 e. The van der Waals surface area contributed by atoms with Crippen LogP contribution in [0.5, 0.6) is 5.75 Å². The molecule has 0 spiro atoms. The quantitative estimate of drug-likeness (QED) is 0.537. The Balaban J connectivity index is 1.67. The highest BCUT2D eigenvalue weighted by Gasteiger charge is 2.31. The Kier molecular flexibility index (Phi) is 6.10. The van der Waals surface area contributed by atoms with Crippen molar-refractivity contribution in [2.24, 2.45) is 5.92 Å². The summed E-state index contributed by atoms with van der Waals surface area (Å²) in [6.45, 7) is 8.83. The predicted molar refractivity (Wildman–Crippen MR) is 114 cm³/mol. The van der Waals surface area contributed by atoms with E-state index in [2.05, 4.69) is 5.32 Å². The zero-order valence-corrected chi connectivity index (χ0v) is 17.9. The largest absolute Gasteiger partial charge is 0.486 e. The summed E-state index contributed by atoms with van der Waals surface area (Å²) < 4.78 is 11.6. The number of hydrogen-bond donors (Lipinski definition) is 1. The third-order valence-electron chi connectivity index (χ3n) is 4.27. The van der Waals surface area contributed by atoms with Crippen LogP contribution in [0.1, 0.15) is 36.5 Å². The molecule has 7 heteroatoms. The first kappa shape index (κ1) is 20.4. The number of furan rings is 1. The van der Waals surface area contributed by atoms with Gasteiger partial charge in [-0.25, -0.2) is 0 Å². The van der Waals surface area contributed by atoms with Crippen LogP contribution in [0.25, 0.3) is 6.08 Å². The lowest BCUT2D eigenvalue weighted by Gasteiger charge is -2.15. The molecule has 28 heavy (non-hydrogen) atoms. The number of halogens is 1. The highest BCUT2D eigenvalue weighted by atomic mass is 35.5. The maximum atomic E-state index is 12.5. The molecule has 1 aliphatic heterocycles. The van der Waals surface area contributed by atoms with Crippen molar-refractivity contribution in [3.63, 3.8) is 0 Å². The molecule has 1 fully saturated rings. The molecule has 0 aliphatic carbocycles. The molecule has 1 aromatic carbocycles. The van der Waals surface area contributed by atoms with Gasteiger partial charge >= 0.3 is 0 Å². The molecule has 0 radical (unpaired) electrons. The van der Waals surface area contributed by atoms with Gasteiger partial charge in [0.25, 0.3) is 5.91 Å². The van der Waals surface area contributed by atoms with E-state index in [0.717, 1.165) is 21.9 Å². The standard InChI is InChI=1S/C21H23ClN2O3S/c1-12(2)10-24-20(25)18(23-21(24)28)9-15-5-6-16(27-15)11-26-17-7-13(3)19(22)14(4)8-17/h5-9,12H,10-11H2,1-4H3,(H,23,28)/b18-9+. The van der Waals surface area contributed by atoms with E-state index in [9.17, 15) is 4.79 Å². The van der Waals surface area contributed by atoms with E-state index in [1.807, 2.05) is 45.9 Å². The molecule has 1 aliphatic rings. The molecule has 2 heterocycles. The van der Waals surface area contributed by atoms with Crippen LogP contribution in [0.3, 0.4) is 0 Å². The number of benzene rings is 1. The van der Waals surface area contributed by atoms with Gasteiger partial charge in [0.2, 0.25) is 0 Å². The first-order valence-corrected chi connectivity index (χ1v) is 9.86. The second kappa shape index (κ2) is 8.37. The van der Waals surface area contributed by atoms with E-state index < -0.39 is 0 Å². The first-order valence-electron chi connectivity index (χ1n) is 9.07. The molecule has 0 atom stereocenters. The fourth-order valence-electron chi connectivity index (χ4n) is 2.94. The van der Waals surface area contributed by atoms with Gasteiger partial charge in [0, 0.05) is 17.6 Å². The summed E-state index contributed by atoms with van der Waals surface area (Å²) in [5.74, 6) is 2.14. The molecular formula is C21H23ClN2O3S. The molecule has 0 bridgehead atoms. The Bertz CT molecular complexity index is 926. The van der Waals surface area contributed by atoms with Gasteiger partial charge in [-0.2, -0.15) is 0 Å². The van der Waals surface area contributed by atoms with Crippen molar-refractivity contribution >= 4 is 40.9 Å². The van der Waals surface area contributed by atoms with Crippen LogP contribution in [0.4, 0.5) is 0 Å². The van der Waals surface area contributed by atoms with Gasteiger partial charge in [0.1, 0.15) is 29.6 Å². The minimum atomic E-state index is -0.139. The summed E-state index contributed by atoms with van der Waals surface area (Å²) in [5, 5.41) is 4.13. The topological polar surface area (TPSA) is 54.7 Å². The summed E-state index contributed by atoms with van der Waals surface area (Å²) in [6, 6.07) is 7.41. The van der Waals surface area contributed by atoms with Crippen molar-refractivity contribution < 1.29 is 13.9 Å². The second-order valence-corrected chi connectivity index (χ2v) is 8.03. The van der Waals surface area contributed by atoms with Gasteiger partial charge in [-0.15, -0.1) is 0 Å². The monoisotopic (exact) mass is 418 g/mol. The van der Waals surface area contributed by atoms with Gasteiger partial charge in [-0.3, -0.25) is 9.69 Å². The van der Waals surface area contributed by atoms with Crippen LogP contribution < -0.4 is 10.1 Å². The van der Waals surface area contributed by atoms with E-state index >= 15 is 0 Å². The molecule has 3 rings (SSSR count). The summed E-state index contributed by atoms with van der Waals surface area (Å²) in [6.07, 6.45) is 1.66. The summed E-state index contributed by atoms with van der Waals surface area (Å²) in [7, 11) is 0. The van der Waals surface area contributed by atoms with Crippen molar-refractivity contribution in [2.45, 2.75) is 34.3 Å². The molecule has 0 unspecified atom stereocenters. The Labute approximate surface area is 175 Å². The Morgan fingerprint density at radius 3 is 2.61 bits per heavy atom. The Hall–Kier alpha value is -2.31. The van der Waals surface area contributed by atoms with Crippen molar-refractivity contribution in [1.29, 1.82) is 0 Å². The molecule has 1 amide bonds. The fraction of sp³-hybridized carbons (Fsp3) is 0.333. The number of nitrogens with zero attached hydrogens (tertiary/aromatic N) is 1. The van der Waals surface area contributed by atoms with Crippen LogP contribution >= 0.6 is 23.8 Å². The average Bonchev–Trinajstić information content (AvgIpc) is 3.17. The number of ether oxygens (including phenoxy) is 1. The molecule has 0 saturated carbocycles. The molecule has 1 N–H and O–H groups in total. The van der Waals surface area contributed by atoms with Gasteiger partial charge in [-0.05, 0) is 67.4 Å². The SMILES string of the molecule is Cc1cc(OCc2ccc(/C=C3/NC(=S)N(CC(C)C)C3=O)o2)cc(C)c1Cl. The predicted octanol–water partition coefficient (Wildman–Crippen LogP) is 4.84. The number of carbonyl (C=O) groups is 1. The Morgan fingerprint density at radius 2 is 1.96 bits per heavy atom. The van der Waals surface area contributed by atoms with Crippen LogP contribution in [0.2, 0.25) is 5.02 Å². The van der Waals surface area contributed by atoms with Gasteiger partial charge in [0.05, 0.1) is 0 Å². The smallest absolute Gasteiger partial charge is 0.276 e. The van der Waals surface area contributed by atoms with Crippen LogP contribution in [-0.2, 0) is 11.4 Å². The number of rotatable bonds is 6. The van der Waals surface area contributed by atoms with Gasteiger partial charge in [0.15, 0.2) is 5.11 Å². The summed E-state index contributed by atoms with van der Waals surface area (Å²) >= 11 is 11.4. The maximum Gasteiger partial charge on any atom is 0.276 e. The highest BCUT2D eigenvalue weighted by Crippen LogP contribution is 2.26. The number of amides is 1. The van der Waals surface area contributed by atoms with Crippen molar-refractivity contribution in [3.05, 3.63) is 57.6 Å². The van der Waals surface area contributed by atoms with E-state index in [4.69, 9.17) is 33.0 Å². The number of aryl methyl sites for hydroxylation is 2. The zero-order valence-electron chi connectivity index (χ0n) is 16.3. The van der Waals surface area contributed by atoms with Crippen LogP contribution in [0, 0.1) is 19.8 Å². The number of carbonyl (C=O) groups excluding carboxylic acids is 1. The van der Waals surface area contributed by atoms with Crippen LogP contribution in [-0.4, -0.2) is 22.5 Å². The molecule has 1 aromatic heterocycles. The second-order valence-electron chi connectivity index (χ2n) is 7.26. The molecule has 148 valence electrons. The normalized spacial score (nSPS) is 15.6. The number of hydrogen-bond acceptors (Lipinski definition) is 4. The lowest BCUT2D eigenvalue weighted by molar-refractivity contribution is -0.122. The van der Waals surface area contributed by atoms with Gasteiger partial charge < -0.3 is 14.5 Å². The van der Waals surface area contributed by atoms with E-state index in [-0.39, 0.29) is 12.5 Å². The Morgan fingerprint density at radius 1 is 1.29 bits per heavy atom. The van der Waals surface area contributed by atoms with Crippen molar-refractivity contribution in [3.8, 4) is 5.75 Å². The molecule has 5 nitrogen and oxygen atoms in total. The maximum absolute atomic E-state index is 12.5. The zero-order chi connectivity index (χ0) is 20.4. The number of nitrogens with one attached hydrogen (secondary N) is 1. The lowest BCUT2D eigenvalue weighted by atomic mass is 10.1. The first-order chi connectivity index (χ1) is 13.2. The summed E-state index contributed by atoms with van der Waals surface area (Å²) in [5.41, 5.74) is 2.35. The minimum absolute atomic E-state index is 0.139. The van der Waals surface area contributed by atoms with Crippen molar-refractivity contribution in [2.75, 3.05) is 6.54 Å².